The van der Waals surface area contributed by atoms with Gasteiger partial charge in [-0.3, -0.25) is 4.98 Å². The number of benzene rings is 1. The molecule has 0 aliphatic carbocycles. The number of alkyl halides is 2. The lowest BCUT2D eigenvalue weighted by atomic mass is 9.92. The van der Waals surface area contributed by atoms with Crippen LogP contribution in [0.4, 0.5) is 18.9 Å². The normalized spacial score (nSPS) is 16.8. The van der Waals surface area contributed by atoms with E-state index >= 15 is 0 Å². The first-order chi connectivity index (χ1) is 15.1. The van der Waals surface area contributed by atoms with Gasteiger partial charge in [-0.15, -0.1) is 0 Å². The third kappa shape index (κ3) is 4.76. The number of morpholine rings is 1. The van der Waals surface area contributed by atoms with Crippen LogP contribution in [-0.2, 0) is 17.2 Å². The van der Waals surface area contributed by atoms with Crippen molar-refractivity contribution in [3.63, 3.8) is 0 Å². The van der Waals surface area contributed by atoms with Crippen molar-refractivity contribution in [3.8, 4) is 0 Å². The number of hydrogen-bond acceptors (Lipinski definition) is 7. The molecule has 1 fully saturated rings. The summed E-state index contributed by atoms with van der Waals surface area (Å²) in [6.45, 7) is 4.32. The minimum absolute atomic E-state index is 0.0232. The summed E-state index contributed by atoms with van der Waals surface area (Å²) in [6, 6.07) is 5.46. The van der Waals surface area contributed by atoms with Crippen LogP contribution in [0, 0.1) is 5.82 Å². The van der Waals surface area contributed by atoms with Crippen LogP contribution in [0.2, 0.25) is 0 Å². The molecule has 2 aromatic rings. The van der Waals surface area contributed by atoms with Gasteiger partial charge in [-0.1, -0.05) is 12.1 Å². The number of nitrogens with two attached hydrogens (primary N) is 2. The van der Waals surface area contributed by atoms with E-state index in [1.807, 2.05) is 6.07 Å². The largest absolute Gasteiger partial charge is 0.403 e. The predicted molar refractivity (Wildman–Crippen MR) is 116 cm³/mol. The van der Waals surface area contributed by atoms with Gasteiger partial charge < -0.3 is 31.5 Å². The third-order valence-electron chi connectivity index (χ3n) is 5.38. The first kappa shape index (κ1) is 23.7. The highest BCUT2D eigenvalue weighted by Crippen LogP contribution is 2.40. The van der Waals surface area contributed by atoms with Crippen molar-refractivity contribution < 1.29 is 23.0 Å². The van der Waals surface area contributed by atoms with Crippen molar-refractivity contribution in [2.45, 2.75) is 31.9 Å². The Balaban J connectivity index is 1.91. The molecule has 174 valence electrons. The maximum Gasteiger partial charge on any atom is 0.303 e. The van der Waals surface area contributed by atoms with E-state index in [9.17, 15) is 18.3 Å². The maximum absolute atomic E-state index is 14.9. The van der Waals surface area contributed by atoms with E-state index in [1.54, 1.807) is 6.20 Å². The first-order valence-corrected chi connectivity index (χ1v) is 10.2. The van der Waals surface area contributed by atoms with Gasteiger partial charge in [-0.05, 0) is 26.0 Å². The number of rotatable bonds is 6. The zero-order chi connectivity index (χ0) is 23.5. The summed E-state index contributed by atoms with van der Waals surface area (Å²) >= 11 is 0. The van der Waals surface area contributed by atoms with Crippen molar-refractivity contribution in [2.24, 2.45) is 11.5 Å². The van der Waals surface area contributed by atoms with Crippen molar-refractivity contribution >= 4 is 17.7 Å². The van der Waals surface area contributed by atoms with Gasteiger partial charge in [0, 0.05) is 36.6 Å². The average Bonchev–Trinajstić information content (AvgIpc) is 2.77. The molecule has 3 rings (SSSR count). The Morgan fingerprint density at radius 1 is 1.31 bits per heavy atom. The van der Waals surface area contributed by atoms with Gasteiger partial charge in [0.25, 0.3) is 0 Å². The van der Waals surface area contributed by atoms with Crippen LogP contribution in [-0.4, -0.2) is 42.0 Å². The van der Waals surface area contributed by atoms with Gasteiger partial charge in [-0.2, -0.15) is 8.78 Å². The summed E-state index contributed by atoms with van der Waals surface area (Å²) in [4.78, 5) is 6.43. The fourth-order valence-corrected chi connectivity index (χ4v) is 3.38. The number of ether oxygens (including phenoxy) is 1. The van der Waals surface area contributed by atoms with Gasteiger partial charge >= 0.3 is 5.92 Å². The lowest BCUT2D eigenvalue weighted by molar-refractivity contribution is -0.170. The molecule has 1 saturated heterocycles. The zero-order valence-electron chi connectivity index (χ0n) is 18.0. The maximum atomic E-state index is 14.9. The second-order valence-corrected chi connectivity index (χ2v) is 8.07. The summed E-state index contributed by atoms with van der Waals surface area (Å²) in [7, 11) is 0. The number of halogens is 3. The molecule has 0 unspecified atom stereocenters. The summed E-state index contributed by atoms with van der Waals surface area (Å²) in [5.74, 6) is -4.71. The topological polar surface area (TPSA) is 110 Å². The lowest BCUT2D eigenvalue weighted by Crippen LogP contribution is -2.42. The van der Waals surface area contributed by atoms with E-state index < -0.39 is 22.9 Å². The van der Waals surface area contributed by atoms with E-state index in [1.165, 1.54) is 18.3 Å². The molecule has 2 heterocycles. The first-order valence-electron chi connectivity index (χ1n) is 10.2. The van der Waals surface area contributed by atoms with Crippen molar-refractivity contribution in [1.29, 1.82) is 0 Å². The minimum atomic E-state index is -3.78. The fraction of sp³-hybridized carbons (Fsp3) is 0.409. The Morgan fingerprint density at radius 3 is 2.62 bits per heavy atom. The number of nitrogens with one attached hydrogen (secondary N) is 1. The number of pyridine rings is 1. The van der Waals surface area contributed by atoms with Crippen LogP contribution in [0.5, 0.6) is 0 Å². The molecule has 0 amide bonds. The quantitative estimate of drug-likeness (QED) is 0.504. The molecule has 0 atom stereocenters. The number of hydrogen-bond donors (Lipinski definition) is 4. The van der Waals surface area contributed by atoms with Crippen molar-refractivity contribution in [3.05, 3.63) is 58.0 Å². The van der Waals surface area contributed by atoms with Gasteiger partial charge in [0.1, 0.15) is 17.2 Å². The SMILES string of the molecule is CC(C)(O)C(F)(F)c1cccc(CN/C(N)=c2\cc(N3CCOCC3)cn\c2=C\N)c1F. The van der Waals surface area contributed by atoms with Crippen LogP contribution in [0.1, 0.15) is 25.0 Å². The van der Waals surface area contributed by atoms with E-state index in [2.05, 4.69) is 15.2 Å². The molecule has 0 saturated carbocycles. The molecule has 10 heteroatoms. The highest BCUT2D eigenvalue weighted by molar-refractivity contribution is 5.50. The predicted octanol–water partition coefficient (Wildman–Crippen LogP) is 0.431. The highest BCUT2D eigenvalue weighted by atomic mass is 19.3. The van der Waals surface area contributed by atoms with E-state index in [0.717, 1.165) is 25.6 Å². The average molecular weight is 451 g/mol. The number of aromatic nitrogens is 1. The second kappa shape index (κ2) is 9.25. The Hall–Kier alpha value is -2.98. The van der Waals surface area contributed by atoms with Crippen LogP contribution in [0.15, 0.2) is 30.5 Å². The third-order valence-corrected chi connectivity index (χ3v) is 5.38. The van der Waals surface area contributed by atoms with Crippen LogP contribution in [0.25, 0.3) is 12.0 Å². The Morgan fingerprint density at radius 2 is 2.00 bits per heavy atom. The molecule has 1 aliphatic heterocycles. The van der Waals surface area contributed by atoms with Gasteiger partial charge in [0.05, 0.1) is 36.0 Å². The molecule has 7 nitrogen and oxygen atoms in total. The van der Waals surface area contributed by atoms with Crippen LogP contribution < -0.4 is 32.3 Å². The molecular weight excluding hydrogens is 423 g/mol. The highest BCUT2D eigenvalue weighted by Gasteiger charge is 2.48. The minimum Gasteiger partial charge on any atom is -0.403 e. The van der Waals surface area contributed by atoms with Crippen molar-refractivity contribution in [1.82, 2.24) is 10.3 Å². The fourth-order valence-electron chi connectivity index (χ4n) is 3.38. The van der Waals surface area contributed by atoms with Gasteiger partial charge in [0.15, 0.2) is 0 Å². The van der Waals surface area contributed by atoms with Crippen LogP contribution in [0.3, 0.4) is 0 Å². The van der Waals surface area contributed by atoms with Gasteiger partial charge in [-0.25, -0.2) is 4.39 Å². The zero-order valence-corrected chi connectivity index (χ0v) is 18.0. The summed E-state index contributed by atoms with van der Waals surface area (Å²) in [5, 5.41) is 13.6. The monoisotopic (exact) mass is 451 g/mol. The second-order valence-electron chi connectivity index (χ2n) is 8.07. The summed E-state index contributed by atoms with van der Waals surface area (Å²) in [5.41, 5.74) is 9.37. The summed E-state index contributed by atoms with van der Waals surface area (Å²) in [6.07, 6.45) is 2.99. The molecular formula is C22H28F3N5O2. The van der Waals surface area contributed by atoms with Crippen LogP contribution >= 0.6 is 0 Å². The molecule has 1 aromatic carbocycles. The van der Waals surface area contributed by atoms with E-state index in [0.29, 0.717) is 36.9 Å². The molecule has 0 radical (unpaired) electrons. The Labute approximate surface area is 184 Å². The number of nitrogens with zero attached hydrogens (tertiary/aromatic N) is 2. The number of aliphatic hydroxyl groups is 1. The molecule has 1 aromatic heterocycles. The molecule has 1 aliphatic rings. The van der Waals surface area contributed by atoms with E-state index in [4.69, 9.17) is 16.2 Å². The molecule has 6 N–H and O–H groups in total. The molecule has 32 heavy (non-hydrogen) atoms. The standard InChI is InChI=1S/C22H28F3N5O2/c1-21(2,31)22(24,25)17-5-3-4-14(19(17)23)12-29-20(27)16-10-15(13-28-18(16)11-26)30-6-8-32-9-7-30/h3-5,10-11,13,29,31H,6-9,12,26-27H2,1-2H3/b18-11+,20-16+. The Kier molecular flexibility index (Phi) is 6.85. The van der Waals surface area contributed by atoms with Crippen molar-refractivity contribution in [2.75, 3.05) is 31.2 Å². The number of anilines is 1. The molecule has 0 spiro atoms. The summed E-state index contributed by atoms with van der Waals surface area (Å²) < 4.78 is 49.2. The van der Waals surface area contributed by atoms with Gasteiger partial charge in [0.2, 0.25) is 0 Å². The molecule has 0 bridgehead atoms. The van der Waals surface area contributed by atoms with E-state index in [-0.39, 0.29) is 17.9 Å². The Bertz CT molecular complexity index is 1080. The lowest BCUT2D eigenvalue weighted by Gasteiger charge is -2.30. The smallest absolute Gasteiger partial charge is 0.303 e.